The topological polar surface area (TPSA) is 29.9 Å². The lowest BCUT2D eigenvalue weighted by Gasteiger charge is -2.21. The summed E-state index contributed by atoms with van der Waals surface area (Å²) in [5, 5.41) is 7.82. The Morgan fingerprint density at radius 3 is 2.88 bits per heavy atom. The molecule has 2 atom stereocenters. The molecule has 16 heavy (non-hydrogen) atoms. The zero-order valence-corrected chi connectivity index (χ0v) is 10.6. The first-order chi connectivity index (χ1) is 7.67. The second-order valence-electron chi connectivity index (χ2n) is 4.31. The third kappa shape index (κ3) is 3.81. The molecule has 0 saturated heterocycles. The third-order valence-electron chi connectivity index (χ3n) is 2.92. The number of aromatic nitrogens is 2. The summed E-state index contributed by atoms with van der Waals surface area (Å²) in [5.74, 6) is 0. The average molecular weight is 221 g/mol. The first-order valence-corrected chi connectivity index (χ1v) is 6.02. The van der Waals surface area contributed by atoms with Crippen LogP contribution in [0.25, 0.3) is 0 Å². The van der Waals surface area contributed by atoms with Gasteiger partial charge >= 0.3 is 0 Å². The molecule has 0 unspecified atom stereocenters. The molecule has 1 rings (SSSR count). The molecule has 3 nitrogen and oxygen atoms in total. The SMILES string of the molecule is C=CCC[C@H](CC)N[C@H](C)c1cnn(C)c1. The van der Waals surface area contributed by atoms with Crippen LogP contribution < -0.4 is 5.32 Å². The summed E-state index contributed by atoms with van der Waals surface area (Å²) >= 11 is 0. The van der Waals surface area contributed by atoms with Gasteiger partial charge in [-0.15, -0.1) is 6.58 Å². The highest BCUT2D eigenvalue weighted by atomic mass is 15.2. The Morgan fingerprint density at radius 2 is 2.38 bits per heavy atom. The Bertz CT molecular complexity index is 317. The van der Waals surface area contributed by atoms with E-state index in [-0.39, 0.29) is 0 Å². The lowest BCUT2D eigenvalue weighted by molar-refractivity contribution is 0.422. The largest absolute Gasteiger partial charge is 0.307 e. The molecule has 0 saturated carbocycles. The predicted octanol–water partition coefficient (Wildman–Crippen LogP) is 2.82. The van der Waals surface area contributed by atoms with Gasteiger partial charge in [0.2, 0.25) is 0 Å². The third-order valence-corrected chi connectivity index (χ3v) is 2.92. The van der Waals surface area contributed by atoms with E-state index in [4.69, 9.17) is 0 Å². The summed E-state index contributed by atoms with van der Waals surface area (Å²) in [6.45, 7) is 8.17. The molecule has 1 aromatic rings. The number of aryl methyl sites for hydroxylation is 1. The van der Waals surface area contributed by atoms with Crippen LogP contribution >= 0.6 is 0 Å². The highest BCUT2D eigenvalue weighted by Gasteiger charge is 2.12. The second-order valence-corrected chi connectivity index (χ2v) is 4.31. The summed E-state index contributed by atoms with van der Waals surface area (Å²) in [4.78, 5) is 0. The van der Waals surface area contributed by atoms with Crippen LogP contribution in [0.1, 0.15) is 44.7 Å². The van der Waals surface area contributed by atoms with Gasteiger partial charge in [0.15, 0.2) is 0 Å². The zero-order chi connectivity index (χ0) is 12.0. The molecule has 0 spiro atoms. The molecule has 1 heterocycles. The van der Waals surface area contributed by atoms with Crippen molar-refractivity contribution in [1.82, 2.24) is 15.1 Å². The van der Waals surface area contributed by atoms with Gasteiger partial charge in [0.05, 0.1) is 6.20 Å². The normalized spacial score (nSPS) is 14.7. The molecule has 0 amide bonds. The number of hydrogen-bond acceptors (Lipinski definition) is 2. The van der Waals surface area contributed by atoms with Crippen molar-refractivity contribution in [3.63, 3.8) is 0 Å². The van der Waals surface area contributed by atoms with Crippen LogP contribution in [0.3, 0.4) is 0 Å². The summed E-state index contributed by atoms with van der Waals surface area (Å²) < 4.78 is 1.85. The molecule has 0 bridgehead atoms. The molecule has 0 fully saturated rings. The molecule has 0 aliphatic rings. The van der Waals surface area contributed by atoms with Gasteiger partial charge < -0.3 is 5.32 Å². The fraction of sp³-hybridized carbons (Fsp3) is 0.615. The van der Waals surface area contributed by atoms with E-state index in [1.807, 2.05) is 24.0 Å². The van der Waals surface area contributed by atoms with E-state index in [1.54, 1.807) is 0 Å². The van der Waals surface area contributed by atoms with Crippen LogP contribution in [-0.2, 0) is 7.05 Å². The maximum Gasteiger partial charge on any atom is 0.0537 e. The smallest absolute Gasteiger partial charge is 0.0537 e. The Kier molecular flexibility index (Phi) is 5.26. The lowest BCUT2D eigenvalue weighted by atomic mass is 10.1. The maximum atomic E-state index is 4.19. The van der Waals surface area contributed by atoms with Gasteiger partial charge in [0, 0.05) is 30.9 Å². The summed E-state index contributed by atoms with van der Waals surface area (Å²) in [5.41, 5.74) is 1.25. The Hall–Kier alpha value is -1.09. The van der Waals surface area contributed by atoms with Crippen molar-refractivity contribution < 1.29 is 0 Å². The molecule has 0 radical (unpaired) electrons. The Labute approximate surface area is 98.5 Å². The van der Waals surface area contributed by atoms with Crippen molar-refractivity contribution in [2.75, 3.05) is 0 Å². The van der Waals surface area contributed by atoms with Crippen LogP contribution in [0.5, 0.6) is 0 Å². The van der Waals surface area contributed by atoms with Crippen molar-refractivity contribution in [3.8, 4) is 0 Å². The summed E-state index contributed by atoms with van der Waals surface area (Å²) in [6, 6.07) is 0.927. The maximum absolute atomic E-state index is 4.19. The molecule has 1 N–H and O–H groups in total. The highest BCUT2D eigenvalue weighted by molar-refractivity contribution is 5.09. The minimum Gasteiger partial charge on any atom is -0.307 e. The quantitative estimate of drug-likeness (QED) is 0.718. The molecule has 1 aromatic heterocycles. The van der Waals surface area contributed by atoms with Crippen LogP contribution in [0, 0.1) is 0 Å². The number of nitrogens with one attached hydrogen (secondary N) is 1. The van der Waals surface area contributed by atoms with Gasteiger partial charge in [0.25, 0.3) is 0 Å². The molecular formula is C13H23N3. The number of allylic oxidation sites excluding steroid dienone is 1. The summed E-state index contributed by atoms with van der Waals surface area (Å²) in [7, 11) is 1.95. The molecule has 0 aromatic carbocycles. The van der Waals surface area contributed by atoms with E-state index in [0.29, 0.717) is 12.1 Å². The van der Waals surface area contributed by atoms with Gasteiger partial charge in [-0.3, -0.25) is 4.68 Å². The Balaban J connectivity index is 2.47. The minimum absolute atomic E-state index is 0.364. The van der Waals surface area contributed by atoms with Gasteiger partial charge in [-0.25, -0.2) is 0 Å². The second kappa shape index (κ2) is 6.48. The molecule has 3 heteroatoms. The molecular weight excluding hydrogens is 198 g/mol. The summed E-state index contributed by atoms with van der Waals surface area (Å²) in [6.07, 6.45) is 9.36. The number of rotatable bonds is 7. The van der Waals surface area contributed by atoms with Crippen molar-refractivity contribution >= 4 is 0 Å². The van der Waals surface area contributed by atoms with Crippen molar-refractivity contribution in [2.45, 2.75) is 45.2 Å². The molecule has 0 aliphatic carbocycles. The minimum atomic E-state index is 0.364. The van der Waals surface area contributed by atoms with Crippen molar-refractivity contribution in [2.24, 2.45) is 7.05 Å². The Morgan fingerprint density at radius 1 is 1.62 bits per heavy atom. The molecule has 0 aliphatic heterocycles. The standard InChI is InChI=1S/C13H23N3/c1-5-7-8-13(6-2)15-11(3)12-9-14-16(4)10-12/h5,9-11,13,15H,1,6-8H2,2-4H3/t11-,13+/m1/s1. The first-order valence-electron chi connectivity index (χ1n) is 6.02. The van der Waals surface area contributed by atoms with Gasteiger partial charge in [-0.05, 0) is 26.2 Å². The van der Waals surface area contributed by atoms with E-state index in [0.717, 1.165) is 19.3 Å². The van der Waals surface area contributed by atoms with Crippen LogP contribution in [0.4, 0.5) is 0 Å². The first kappa shape index (κ1) is 13.0. The van der Waals surface area contributed by atoms with Crippen molar-refractivity contribution in [1.29, 1.82) is 0 Å². The van der Waals surface area contributed by atoms with Gasteiger partial charge in [-0.1, -0.05) is 13.0 Å². The fourth-order valence-corrected chi connectivity index (χ4v) is 1.84. The van der Waals surface area contributed by atoms with Crippen LogP contribution in [0.2, 0.25) is 0 Å². The van der Waals surface area contributed by atoms with E-state index < -0.39 is 0 Å². The number of hydrogen-bond donors (Lipinski definition) is 1. The van der Waals surface area contributed by atoms with E-state index >= 15 is 0 Å². The van der Waals surface area contributed by atoms with Gasteiger partial charge in [0.1, 0.15) is 0 Å². The van der Waals surface area contributed by atoms with Crippen LogP contribution in [-0.4, -0.2) is 15.8 Å². The number of nitrogens with zero attached hydrogens (tertiary/aromatic N) is 2. The van der Waals surface area contributed by atoms with Gasteiger partial charge in [-0.2, -0.15) is 5.10 Å². The molecule has 90 valence electrons. The zero-order valence-electron chi connectivity index (χ0n) is 10.6. The highest BCUT2D eigenvalue weighted by Crippen LogP contribution is 2.14. The predicted molar refractivity (Wildman–Crippen MR) is 68.3 cm³/mol. The lowest BCUT2D eigenvalue weighted by Crippen LogP contribution is -2.30. The fourth-order valence-electron chi connectivity index (χ4n) is 1.84. The van der Waals surface area contributed by atoms with E-state index in [9.17, 15) is 0 Å². The van der Waals surface area contributed by atoms with Crippen molar-refractivity contribution in [3.05, 3.63) is 30.6 Å². The average Bonchev–Trinajstić information content (AvgIpc) is 2.70. The monoisotopic (exact) mass is 221 g/mol. The van der Waals surface area contributed by atoms with E-state index in [2.05, 4.69) is 37.0 Å². The van der Waals surface area contributed by atoms with Crippen LogP contribution in [0.15, 0.2) is 25.0 Å². The van der Waals surface area contributed by atoms with E-state index in [1.165, 1.54) is 5.56 Å².